The summed E-state index contributed by atoms with van der Waals surface area (Å²) in [4.78, 5) is 34.6. The van der Waals surface area contributed by atoms with Crippen LogP contribution in [0.5, 0.6) is 5.75 Å². The summed E-state index contributed by atoms with van der Waals surface area (Å²) in [7, 11) is 0. The molecule has 0 bridgehead atoms. The number of amidine groups is 1. The molecular weight excluding hydrogens is 604 g/mol. The molecule has 0 unspecified atom stereocenters. The van der Waals surface area contributed by atoms with Crippen molar-refractivity contribution in [1.82, 2.24) is 15.1 Å². The Balaban J connectivity index is 1.69. The summed E-state index contributed by atoms with van der Waals surface area (Å²) in [5, 5.41) is 3.75. The fraction of sp³-hybridized carbons (Fsp3) is 0.258. The van der Waals surface area contributed by atoms with Crippen LogP contribution >= 0.6 is 23.2 Å². The summed E-state index contributed by atoms with van der Waals surface area (Å²) >= 11 is 12.4. The van der Waals surface area contributed by atoms with Crippen molar-refractivity contribution in [3.8, 4) is 17.6 Å². The standard InChI is InChI=1S/C31H25Cl2F3N4O3/c1-2-43-25-17-19(13-14-31(34,35)36)3-12-24(25)29-38-27(20-4-8-22(32)9-5-20)28(21-6-10-23(33)11-7-21)40(29)30(42)39-16-15-37-26(41)18-39/h3-12,17,27-28H,2,15-16,18H2,1H3,(H,37,41)/t27-,28+/m0/s1. The van der Waals surface area contributed by atoms with Crippen LogP contribution in [-0.2, 0) is 4.79 Å². The number of hydrogen-bond donors (Lipinski definition) is 1. The van der Waals surface area contributed by atoms with E-state index in [2.05, 4.69) is 11.2 Å². The summed E-state index contributed by atoms with van der Waals surface area (Å²) in [6, 6.07) is 16.7. The van der Waals surface area contributed by atoms with E-state index >= 15 is 0 Å². The Kier molecular flexibility index (Phi) is 8.85. The van der Waals surface area contributed by atoms with Gasteiger partial charge in [0.15, 0.2) is 0 Å². The summed E-state index contributed by atoms with van der Waals surface area (Å²) in [5.74, 6) is 3.53. The number of rotatable bonds is 5. The van der Waals surface area contributed by atoms with Gasteiger partial charge in [0.05, 0.1) is 18.2 Å². The monoisotopic (exact) mass is 628 g/mol. The van der Waals surface area contributed by atoms with Crippen LogP contribution in [0.4, 0.5) is 18.0 Å². The Hall–Kier alpha value is -4.20. The molecule has 222 valence electrons. The lowest BCUT2D eigenvalue weighted by Gasteiger charge is -2.35. The van der Waals surface area contributed by atoms with Gasteiger partial charge in [0.2, 0.25) is 5.91 Å². The zero-order valence-corrected chi connectivity index (χ0v) is 24.3. The number of carbonyl (C=O) groups excluding carboxylic acids is 2. The van der Waals surface area contributed by atoms with Gasteiger partial charge in [0, 0.05) is 34.6 Å². The minimum atomic E-state index is -4.67. The molecule has 1 N–H and O–H groups in total. The number of urea groups is 1. The molecule has 3 aromatic carbocycles. The van der Waals surface area contributed by atoms with E-state index in [1.54, 1.807) is 43.3 Å². The molecule has 12 heteroatoms. The van der Waals surface area contributed by atoms with Gasteiger partial charge < -0.3 is 15.0 Å². The number of aliphatic imine (C=N–C) groups is 1. The first-order valence-electron chi connectivity index (χ1n) is 13.3. The lowest BCUT2D eigenvalue weighted by molar-refractivity contribution is -0.123. The lowest BCUT2D eigenvalue weighted by atomic mass is 9.93. The van der Waals surface area contributed by atoms with Crippen LogP contribution in [0.25, 0.3) is 0 Å². The van der Waals surface area contributed by atoms with E-state index in [-0.39, 0.29) is 49.3 Å². The molecule has 2 atom stereocenters. The van der Waals surface area contributed by atoms with E-state index in [0.717, 1.165) is 11.1 Å². The Morgan fingerprint density at radius 3 is 2.30 bits per heavy atom. The fourth-order valence-electron chi connectivity index (χ4n) is 5.01. The summed E-state index contributed by atoms with van der Waals surface area (Å²) in [6.07, 6.45) is -4.67. The van der Waals surface area contributed by atoms with Gasteiger partial charge in [-0.05, 0) is 60.5 Å². The largest absolute Gasteiger partial charge is 0.493 e. The second-order valence-corrected chi connectivity index (χ2v) is 10.6. The molecule has 0 spiro atoms. The molecule has 43 heavy (non-hydrogen) atoms. The zero-order chi connectivity index (χ0) is 30.7. The number of nitrogens with one attached hydrogen (secondary N) is 1. The SMILES string of the molecule is CCOc1cc(C#CC(F)(F)F)ccc1C1=N[C@@H](c2ccc(Cl)cc2)[C@@H](c2ccc(Cl)cc2)N1C(=O)N1CCNC(=O)C1. The molecule has 1 saturated heterocycles. The Bertz CT molecular complexity index is 1620. The predicted octanol–water partition coefficient (Wildman–Crippen LogP) is 6.40. The van der Waals surface area contributed by atoms with Gasteiger partial charge in [0.25, 0.3) is 0 Å². The number of piperazine rings is 1. The third-order valence-electron chi connectivity index (χ3n) is 6.88. The molecule has 0 radical (unpaired) electrons. The second-order valence-electron chi connectivity index (χ2n) is 9.76. The summed E-state index contributed by atoms with van der Waals surface area (Å²) in [5.41, 5.74) is 1.95. The average Bonchev–Trinajstić information content (AvgIpc) is 3.36. The molecule has 0 aliphatic carbocycles. The fourth-order valence-corrected chi connectivity index (χ4v) is 5.26. The first-order chi connectivity index (χ1) is 20.5. The number of halogens is 5. The molecule has 3 amide bonds. The number of carbonyl (C=O) groups is 2. The van der Waals surface area contributed by atoms with Gasteiger partial charge in [0.1, 0.15) is 24.2 Å². The molecule has 0 aromatic heterocycles. The predicted molar refractivity (Wildman–Crippen MR) is 157 cm³/mol. The molecule has 0 saturated carbocycles. The minimum Gasteiger partial charge on any atom is -0.493 e. The maximum Gasteiger partial charge on any atom is 0.458 e. The molecular formula is C31H25Cl2F3N4O3. The van der Waals surface area contributed by atoms with Crippen molar-refractivity contribution in [2.75, 3.05) is 26.2 Å². The topological polar surface area (TPSA) is 74.2 Å². The van der Waals surface area contributed by atoms with Gasteiger partial charge in [-0.25, -0.2) is 4.79 Å². The molecule has 2 aliphatic heterocycles. The number of alkyl halides is 3. The second kappa shape index (κ2) is 12.6. The van der Waals surface area contributed by atoms with Crippen LogP contribution in [0.15, 0.2) is 71.7 Å². The minimum absolute atomic E-state index is 0.0807. The van der Waals surface area contributed by atoms with E-state index in [9.17, 15) is 22.8 Å². The molecule has 2 aliphatic rings. The number of nitrogens with zero attached hydrogens (tertiary/aromatic N) is 3. The highest BCUT2D eigenvalue weighted by molar-refractivity contribution is 6.30. The average molecular weight is 629 g/mol. The third-order valence-corrected chi connectivity index (χ3v) is 7.38. The van der Waals surface area contributed by atoms with Gasteiger partial charge >= 0.3 is 12.2 Å². The first-order valence-corrected chi connectivity index (χ1v) is 14.1. The van der Waals surface area contributed by atoms with Crippen LogP contribution in [0, 0.1) is 11.8 Å². The highest BCUT2D eigenvalue weighted by Gasteiger charge is 2.45. The van der Waals surface area contributed by atoms with E-state index in [0.29, 0.717) is 15.6 Å². The molecule has 1 fully saturated rings. The summed E-state index contributed by atoms with van der Waals surface area (Å²) < 4.78 is 44.2. The molecule has 3 aromatic rings. The smallest absolute Gasteiger partial charge is 0.458 e. The van der Waals surface area contributed by atoms with E-state index in [4.69, 9.17) is 32.9 Å². The number of hydrogen-bond acceptors (Lipinski definition) is 4. The van der Waals surface area contributed by atoms with E-state index in [1.165, 1.54) is 33.9 Å². The van der Waals surface area contributed by atoms with Gasteiger partial charge in [-0.3, -0.25) is 14.7 Å². The number of amides is 3. The van der Waals surface area contributed by atoms with Crippen molar-refractivity contribution in [1.29, 1.82) is 0 Å². The van der Waals surface area contributed by atoms with E-state index < -0.39 is 24.3 Å². The van der Waals surface area contributed by atoms with E-state index in [1.807, 2.05) is 12.1 Å². The quantitative estimate of drug-likeness (QED) is 0.332. The van der Waals surface area contributed by atoms with Crippen molar-refractivity contribution in [2.45, 2.75) is 25.2 Å². The highest BCUT2D eigenvalue weighted by atomic mass is 35.5. The molecule has 7 nitrogen and oxygen atoms in total. The Morgan fingerprint density at radius 1 is 1.05 bits per heavy atom. The van der Waals surface area contributed by atoms with Gasteiger partial charge in [-0.2, -0.15) is 13.2 Å². The zero-order valence-electron chi connectivity index (χ0n) is 22.8. The van der Waals surface area contributed by atoms with Crippen LogP contribution in [0.2, 0.25) is 10.0 Å². The lowest BCUT2D eigenvalue weighted by Crippen LogP contribution is -2.55. The molecule has 2 heterocycles. The van der Waals surface area contributed by atoms with Crippen molar-refractivity contribution >= 4 is 41.0 Å². The third kappa shape index (κ3) is 6.90. The Morgan fingerprint density at radius 2 is 1.70 bits per heavy atom. The number of ether oxygens (including phenoxy) is 1. The van der Waals surface area contributed by atoms with Gasteiger partial charge in [-0.15, -0.1) is 0 Å². The van der Waals surface area contributed by atoms with Gasteiger partial charge in [-0.1, -0.05) is 53.4 Å². The van der Waals surface area contributed by atoms with Crippen molar-refractivity contribution < 1.29 is 27.5 Å². The highest BCUT2D eigenvalue weighted by Crippen LogP contribution is 2.45. The Labute approximate surface area is 256 Å². The maximum atomic E-state index is 14.3. The summed E-state index contributed by atoms with van der Waals surface area (Å²) in [6.45, 7) is 2.34. The van der Waals surface area contributed by atoms with Crippen LogP contribution in [0.1, 0.15) is 41.3 Å². The first kappa shape index (κ1) is 30.3. The van der Waals surface area contributed by atoms with Crippen molar-refractivity contribution in [2.24, 2.45) is 4.99 Å². The molecule has 5 rings (SSSR count). The normalized spacial score (nSPS) is 18.5. The maximum absolute atomic E-state index is 14.3. The van der Waals surface area contributed by atoms with Crippen LogP contribution in [0.3, 0.4) is 0 Å². The van der Waals surface area contributed by atoms with Crippen molar-refractivity contribution in [3.63, 3.8) is 0 Å². The number of benzene rings is 3. The van der Waals surface area contributed by atoms with Crippen LogP contribution < -0.4 is 10.1 Å². The van der Waals surface area contributed by atoms with Crippen LogP contribution in [-0.4, -0.2) is 60.0 Å². The van der Waals surface area contributed by atoms with Crippen molar-refractivity contribution in [3.05, 3.63) is 99.0 Å².